The minimum absolute atomic E-state index is 0.225. The Labute approximate surface area is 93.5 Å². The summed E-state index contributed by atoms with van der Waals surface area (Å²) in [5.74, 6) is 0.835. The van der Waals surface area contributed by atoms with Crippen molar-refractivity contribution in [2.45, 2.75) is 57.9 Å². The Kier molecular flexibility index (Phi) is 3.68. The van der Waals surface area contributed by atoms with Crippen LogP contribution >= 0.6 is 0 Å². The van der Waals surface area contributed by atoms with Crippen LogP contribution in [0.4, 0.5) is 0 Å². The second-order valence-corrected chi connectivity index (χ2v) is 5.76. The Hall–Kier alpha value is -0.0800. The molecule has 2 nitrogen and oxygen atoms in total. The van der Waals surface area contributed by atoms with Gasteiger partial charge < -0.3 is 10.4 Å². The molecule has 2 saturated carbocycles. The van der Waals surface area contributed by atoms with Crippen LogP contribution in [0.15, 0.2) is 0 Å². The van der Waals surface area contributed by atoms with Crippen molar-refractivity contribution in [3.05, 3.63) is 0 Å². The smallest absolute Gasteiger partial charge is 0.0499 e. The van der Waals surface area contributed by atoms with Gasteiger partial charge in [-0.05, 0) is 31.6 Å². The predicted molar refractivity (Wildman–Crippen MR) is 62.8 cm³/mol. The van der Waals surface area contributed by atoms with Crippen molar-refractivity contribution < 1.29 is 5.11 Å². The molecule has 0 amide bonds. The Morgan fingerprint density at radius 3 is 2.47 bits per heavy atom. The molecule has 2 atom stereocenters. The number of hydrogen-bond donors (Lipinski definition) is 2. The zero-order chi connectivity index (χ0) is 10.7. The van der Waals surface area contributed by atoms with E-state index in [-0.39, 0.29) is 5.41 Å². The minimum atomic E-state index is 0.225. The van der Waals surface area contributed by atoms with Crippen molar-refractivity contribution >= 4 is 0 Å². The van der Waals surface area contributed by atoms with Crippen molar-refractivity contribution in [3.63, 3.8) is 0 Å². The fourth-order valence-electron chi connectivity index (χ4n) is 3.31. The van der Waals surface area contributed by atoms with Gasteiger partial charge >= 0.3 is 0 Å². The van der Waals surface area contributed by atoms with Gasteiger partial charge in [-0.3, -0.25) is 0 Å². The summed E-state index contributed by atoms with van der Waals surface area (Å²) in [5.41, 5.74) is 0.225. The van der Waals surface area contributed by atoms with Crippen LogP contribution in [0.1, 0.15) is 51.9 Å². The monoisotopic (exact) mass is 211 g/mol. The van der Waals surface area contributed by atoms with Crippen LogP contribution in [0.25, 0.3) is 0 Å². The lowest BCUT2D eigenvalue weighted by Crippen LogP contribution is -2.41. The van der Waals surface area contributed by atoms with Crippen LogP contribution in [0.3, 0.4) is 0 Å². The maximum Gasteiger partial charge on any atom is 0.0499 e. The second-order valence-electron chi connectivity index (χ2n) is 5.76. The molecular formula is C13H25NO. The Bertz CT molecular complexity index is 199. The summed E-state index contributed by atoms with van der Waals surface area (Å²) in [6.07, 6.45) is 9.15. The normalized spacial score (nSPS) is 34.8. The van der Waals surface area contributed by atoms with Gasteiger partial charge in [-0.2, -0.15) is 0 Å². The van der Waals surface area contributed by atoms with E-state index in [9.17, 15) is 5.11 Å². The van der Waals surface area contributed by atoms with Crippen LogP contribution in [0, 0.1) is 11.3 Å². The summed E-state index contributed by atoms with van der Waals surface area (Å²) in [5, 5.41) is 13.2. The molecule has 0 aromatic heterocycles. The van der Waals surface area contributed by atoms with E-state index in [2.05, 4.69) is 12.2 Å². The first-order valence-corrected chi connectivity index (χ1v) is 6.60. The van der Waals surface area contributed by atoms with E-state index in [4.69, 9.17) is 0 Å². The summed E-state index contributed by atoms with van der Waals surface area (Å²) in [6.45, 7) is 3.77. The molecule has 0 aromatic rings. The molecule has 0 bridgehead atoms. The minimum Gasteiger partial charge on any atom is -0.396 e. The number of aliphatic hydroxyl groups is 1. The fourth-order valence-corrected chi connectivity index (χ4v) is 3.31. The van der Waals surface area contributed by atoms with E-state index >= 15 is 0 Å². The van der Waals surface area contributed by atoms with Crippen LogP contribution in [-0.4, -0.2) is 24.3 Å². The van der Waals surface area contributed by atoms with Crippen LogP contribution in [0.5, 0.6) is 0 Å². The molecule has 88 valence electrons. The van der Waals surface area contributed by atoms with Crippen LogP contribution in [0.2, 0.25) is 0 Å². The SMILES string of the molecule is CC1CCCC1NCC1(CO)CCCC1. The molecule has 2 fully saturated rings. The zero-order valence-electron chi connectivity index (χ0n) is 9.97. The van der Waals surface area contributed by atoms with E-state index in [1.54, 1.807) is 0 Å². The number of rotatable bonds is 4. The second kappa shape index (κ2) is 4.84. The molecule has 0 heterocycles. The van der Waals surface area contributed by atoms with Crippen molar-refractivity contribution in [2.75, 3.05) is 13.2 Å². The first-order chi connectivity index (χ1) is 7.26. The van der Waals surface area contributed by atoms with Crippen molar-refractivity contribution in [1.29, 1.82) is 0 Å². The van der Waals surface area contributed by atoms with Gasteiger partial charge in [0.05, 0.1) is 0 Å². The largest absolute Gasteiger partial charge is 0.396 e. The maximum absolute atomic E-state index is 9.52. The molecule has 2 N–H and O–H groups in total. The van der Waals surface area contributed by atoms with Gasteiger partial charge in [-0.25, -0.2) is 0 Å². The van der Waals surface area contributed by atoms with Gasteiger partial charge in [0.1, 0.15) is 0 Å². The molecule has 2 aliphatic rings. The van der Waals surface area contributed by atoms with Gasteiger partial charge in [0.25, 0.3) is 0 Å². The molecule has 2 aliphatic carbocycles. The van der Waals surface area contributed by atoms with Gasteiger partial charge in [0.15, 0.2) is 0 Å². The van der Waals surface area contributed by atoms with Gasteiger partial charge in [-0.1, -0.05) is 26.2 Å². The highest BCUT2D eigenvalue weighted by atomic mass is 16.3. The van der Waals surface area contributed by atoms with Crippen molar-refractivity contribution in [2.24, 2.45) is 11.3 Å². The number of hydrogen-bond acceptors (Lipinski definition) is 2. The molecular weight excluding hydrogens is 186 g/mol. The summed E-state index contributed by atoms with van der Waals surface area (Å²) < 4.78 is 0. The topological polar surface area (TPSA) is 32.3 Å². The van der Waals surface area contributed by atoms with Crippen LogP contribution in [-0.2, 0) is 0 Å². The van der Waals surface area contributed by atoms with E-state index < -0.39 is 0 Å². The highest BCUT2D eigenvalue weighted by Gasteiger charge is 2.34. The Morgan fingerprint density at radius 1 is 1.20 bits per heavy atom. The molecule has 15 heavy (non-hydrogen) atoms. The molecule has 2 rings (SSSR count). The van der Waals surface area contributed by atoms with E-state index in [0.29, 0.717) is 12.6 Å². The lowest BCUT2D eigenvalue weighted by Gasteiger charge is -2.29. The average Bonchev–Trinajstić information content (AvgIpc) is 2.85. The van der Waals surface area contributed by atoms with E-state index in [0.717, 1.165) is 12.5 Å². The maximum atomic E-state index is 9.52. The van der Waals surface area contributed by atoms with Gasteiger partial charge in [0, 0.05) is 24.6 Å². The molecule has 0 spiro atoms. The summed E-state index contributed by atoms with van der Waals surface area (Å²) in [7, 11) is 0. The van der Waals surface area contributed by atoms with E-state index in [1.165, 1.54) is 44.9 Å². The van der Waals surface area contributed by atoms with E-state index in [1.807, 2.05) is 0 Å². The standard InChI is InChI=1S/C13H25NO/c1-11-5-4-6-12(11)14-9-13(10-15)7-2-3-8-13/h11-12,14-15H,2-10H2,1H3. The number of nitrogens with one attached hydrogen (secondary N) is 1. The summed E-state index contributed by atoms with van der Waals surface area (Å²) in [6, 6.07) is 0.717. The lowest BCUT2D eigenvalue weighted by atomic mass is 9.86. The predicted octanol–water partition coefficient (Wildman–Crippen LogP) is 2.32. The van der Waals surface area contributed by atoms with Gasteiger partial charge in [-0.15, -0.1) is 0 Å². The lowest BCUT2D eigenvalue weighted by molar-refractivity contribution is 0.123. The molecule has 2 unspecified atom stereocenters. The first kappa shape index (κ1) is 11.4. The quantitative estimate of drug-likeness (QED) is 0.748. The fraction of sp³-hybridized carbons (Fsp3) is 1.00. The van der Waals surface area contributed by atoms with Gasteiger partial charge in [0.2, 0.25) is 0 Å². The Morgan fingerprint density at radius 2 is 1.93 bits per heavy atom. The number of aliphatic hydroxyl groups excluding tert-OH is 1. The first-order valence-electron chi connectivity index (χ1n) is 6.60. The third-order valence-corrected chi connectivity index (χ3v) is 4.60. The average molecular weight is 211 g/mol. The van der Waals surface area contributed by atoms with Crippen molar-refractivity contribution in [1.82, 2.24) is 5.32 Å². The highest BCUT2D eigenvalue weighted by molar-refractivity contribution is 4.89. The Balaban J connectivity index is 1.80. The third kappa shape index (κ3) is 2.54. The highest BCUT2D eigenvalue weighted by Crippen LogP contribution is 2.37. The zero-order valence-corrected chi connectivity index (χ0v) is 9.97. The third-order valence-electron chi connectivity index (χ3n) is 4.60. The molecule has 0 radical (unpaired) electrons. The van der Waals surface area contributed by atoms with Crippen LogP contribution < -0.4 is 5.32 Å². The summed E-state index contributed by atoms with van der Waals surface area (Å²) in [4.78, 5) is 0. The molecule has 0 saturated heterocycles. The molecule has 2 heteroatoms. The summed E-state index contributed by atoms with van der Waals surface area (Å²) >= 11 is 0. The molecule has 0 aliphatic heterocycles. The van der Waals surface area contributed by atoms with Crippen molar-refractivity contribution in [3.8, 4) is 0 Å². The molecule has 0 aromatic carbocycles.